The summed E-state index contributed by atoms with van der Waals surface area (Å²) in [6, 6.07) is 17.0. The van der Waals surface area contributed by atoms with E-state index in [1.807, 2.05) is 36.4 Å². The number of ether oxygens (including phenoxy) is 3. The molecule has 4 heteroatoms. The van der Waals surface area contributed by atoms with Crippen LogP contribution in [0.2, 0.25) is 0 Å². The number of hydrogen-bond acceptors (Lipinski definition) is 4. The molecule has 0 aliphatic carbocycles. The van der Waals surface area contributed by atoms with E-state index >= 15 is 0 Å². The first-order chi connectivity index (χ1) is 10.3. The van der Waals surface area contributed by atoms with E-state index in [0.29, 0.717) is 31.1 Å². The van der Waals surface area contributed by atoms with Gasteiger partial charge in [0.2, 0.25) is 0 Å². The monoisotopic (exact) mass is 283 g/mol. The van der Waals surface area contributed by atoms with Gasteiger partial charge in [-0.15, -0.1) is 0 Å². The fourth-order valence-electron chi connectivity index (χ4n) is 1.89. The van der Waals surface area contributed by atoms with E-state index in [-0.39, 0.29) is 0 Å². The minimum Gasteiger partial charge on any atom is -0.490 e. The molecule has 0 heterocycles. The van der Waals surface area contributed by atoms with E-state index < -0.39 is 0 Å². The molecule has 0 fully saturated rings. The van der Waals surface area contributed by atoms with Gasteiger partial charge in [-0.2, -0.15) is 5.26 Å². The van der Waals surface area contributed by atoms with Gasteiger partial charge in [0.15, 0.2) is 0 Å². The third kappa shape index (κ3) is 4.51. The van der Waals surface area contributed by atoms with Gasteiger partial charge in [-0.3, -0.25) is 0 Å². The Labute approximate surface area is 124 Å². The van der Waals surface area contributed by atoms with Gasteiger partial charge < -0.3 is 14.2 Å². The summed E-state index contributed by atoms with van der Waals surface area (Å²) in [5, 5.41) is 8.96. The topological polar surface area (TPSA) is 51.5 Å². The van der Waals surface area contributed by atoms with Crippen LogP contribution in [0, 0.1) is 11.3 Å². The van der Waals surface area contributed by atoms with Crippen molar-refractivity contribution in [2.45, 2.75) is 6.61 Å². The minimum absolute atomic E-state index is 0.382. The number of rotatable bonds is 7. The van der Waals surface area contributed by atoms with Crippen LogP contribution < -0.4 is 9.47 Å². The van der Waals surface area contributed by atoms with Crippen LogP contribution in [-0.2, 0) is 11.3 Å². The predicted molar refractivity (Wildman–Crippen MR) is 79.3 cm³/mol. The lowest BCUT2D eigenvalue weighted by atomic mass is 10.2. The van der Waals surface area contributed by atoms with Crippen molar-refractivity contribution in [2.24, 2.45) is 0 Å². The van der Waals surface area contributed by atoms with Crippen LogP contribution in [0.3, 0.4) is 0 Å². The van der Waals surface area contributed by atoms with Gasteiger partial charge in [0.25, 0.3) is 0 Å². The van der Waals surface area contributed by atoms with Crippen LogP contribution in [0.5, 0.6) is 11.5 Å². The maximum absolute atomic E-state index is 8.96. The Morgan fingerprint density at radius 3 is 2.62 bits per heavy atom. The summed E-state index contributed by atoms with van der Waals surface area (Å²) in [5.41, 5.74) is 1.59. The molecule has 0 amide bonds. The lowest BCUT2D eigenvalue weighted by Gasteiger charge is -2.10. The molecule has 0 saturated carbocycles. The fraction of sp³-hybridized carbons (Fsp3) is 0.235. The van der Waals surface area contributed by atoms with Crippen molar-refractivity contribution in [3.63, 3.8) is 0 Å². The highest BCUT2D eigenvalue weighted by Gasteiger charge is 2.02. The quantitative estimate of drug-likeness (QED) is 0.732. The molecule has 0 aliphatic heterocycles. The largest absolute Gasteiger partial charge is 0.490 e. The molecular weight excluding hydrogens is 266 g/mol. The van der Waals surface area contributed by atoms with Crippen molar-refractivity contribution < 1.29 is 14.2 Å². The number of nitriles is 1. The molecule has 21 heavy (non-hydrogen) atoms. The molecule has 0 N–H and O–H groups in total. The molecule has 0 spiro atoms. The Balaban J connectivity index is 1.82. The van der Waals surface area contributed by atoms with Gasteiger partial charge in [-0.05, 0) is 29.8 Å². The molecule has 0 radical (unpaired) electrons. The molecule has 0 saturated heterocycles. The minimum atomic E-state index is 0.382. The third-order valence-electron chi connectivity index (χ3n) is 2.83. The number of hydrogen-bond donors (Lipinski definition) is 0. The van der Waals surface area contributed by atoms with E-state index in [9.17, 15) is 0 Å². The summed E-state index contributed by atoms with van der Waals surface area (Å²) in [6.07, 6.45) is 0. The molecule has 0 unspecified atom stereocenters. The Morgan fingerprint density at radius 1 is 1.00 bits per heavy atom. The second-order valence-electron chi connectivity index (χ2n) is 4.39. The maximum atomic E-state index is 8.96. The van der Waals surface area contributed by atoms with E-state index in [1.54, 1.807) is 19.2 Å². The highest BCUT2D eigenvalue weighted by atomic mass is 16.5. The average Bonchev–Trinajstić information content (AvgIpc) is 2.53. The second kappa shape index (κ2) is 7.93. The average molecular weight is 283 g/mol. The molecule has 0 bridgehead atoms. The smallest absolute Gasteiger partial charge is 0.137 e. The summed E-state index contributed by atoms with van der Waals surface area (Å²) in [5.74, 6) is 1.36. The van der Waals surface area contributed by atoms with Gasteiger partial charge >= 0.3 is 0 Å². The summed E-state index contributed by atoms with van der Waals surface area (Å²) in [4.78, 5) is 0. The Bertz CT molecular complexity index is 619. The highest BCUT2D eigenvalue weighted by molar-refractivity contribution is 5.42. The summed E-state index contributed by atoms with van der Waals surface area (Å²) in [7, 11) is 1.66. The molecule has 2 aromatic carbocycles. The van der Waals surface area contributed by atoms with Crippen LogP contribution in [0.1, 0.15) is 11.1 Å². The first-order valence-corrected chi connectivity index (χ1v) is 6.66. The zero-order valence-corrected chi connectivity index (χ0v) is 11.9. The molecule has 4 nitrogen and oxygen atoms in total. The Kier molecular flexibility index (Phi) is 5.62. The van der Waals surface area contributed by atoms with Crippen molar-refractivity contribution >= 4 is 0 Å². The lowest BCUT2D eigenvalue weighted by Crippen LogP contribution is -2.09. The van der Waals surface area contributed by atoms with E-state index in [0.717, 1.165) is 11.3 Å². The van der Waals surface area contributed by atoms with E-state index in [2.05, 4.69) is 6.07 Å². The van der Waals surface area contributed by atoms with Gasteiger partial charge in [0.1, 0.15) is 30.8 Å². The maximum Gasteiger partial charge on any atom is 0.137 e. The van der Waals surface area contributed by atoms with Crippen LogP contribution in [-0.4, -0.2) is 20.3 Å². The van der Waals surface area contributed by atoms with Crippen LogP contribution in [0.25, 0.3) is 0 Å². The molecule has 2 aromatic rings. The van der Waals surface area contributed by atoms with Crippen molar-refractivity contribution in [2.75, 3.05) is 20.3 Å². The summed E-state index contributed by atoms with van der Waals surface area (Å²) in [6.45, 7) is 1.35. The van der Waals surface area contributed by atoms with Gasteiger partial charge in [0, 0.05) is 7.11 Å². The molecule has 0 atom stereocenters. The van der Waals surface area contributed by atoms with Crippen LogP contribution in [0.15, 0.2) is 48.5 Å². The first kappa shape index (κ1) is 14.9. The van der Waals surface area contributed by atoms with Crippen molar-refractivity contribution in [1.82, 2.24) is 0 Å². The molecule has 0 aliphatic rings. The third-order valence-corrected chi connectivity index (χ3v) is 2.83. The molecule has 0 aromatic heterocycles. The van der Waals surface area contributed by atoms with Gasteiger partial charge in [-0.25, -0.2) is 0 Å². The number of benzene rings is 2. The zero-order valence-electron chi connectivity index (χ0n) is 11.9. The first-order valence-electron chi connectivity index (χ1n) is 6.66. The Morgan fingerprint density at radius 2 is 1.81 bits per heavy atom. The van der Waals surface area contributed by atoms with Crippen LogP contribution in [0.4, 0.5) is 0 Å². The van der Waals surface area contributed by atoms with Crippen molar-refractivity contribution in [1.29, 1.82) is 5.26 Å². The summed E-state index contributed by atoms with van der Waals surface area (Å²) >= 11 is 0. The SMILES string of the molecule is COCc1cccc(OCCOc2ccccc2C#N)c1. The lowest BCUT2D eigenvalue weighted by molar-refractivity contribution is 0.184. The van der Waals surface area contributed by atoms with E-state index in [1.165, 1.54) is 0 Å². The van der Waals surface area contributed by atoms with Crippen molar-refractivity contribution in [3.05, 3.63) is 59.7 Å². The van der Waals surface area contributed by atoms with Gasteiger partial charge in [0.05, 0.1) is 12.2 Å². The fourth-order valence-corrected chi connectivity index (χ4v) is 1.89. The molecular formula is C17H17NO3. The Hall–Kier alpha value is -2.51. The summed E-state index contributed by atoms with van der Waals surface area (Å²) < 4.78 is 16.3. The predicted octanol–water partition coefficient (Wildman–Crippen LogP) is 3.16. The van der Waals surface area contributed by atoms with Crippen LogP contribution >= 0.6 is 0 Å². The van der Waals surface area contributed by atoms with E-state index in [4.69, 9.17) is 19.5 Å². The second-order valence-corrected chi connectivity index (χ2v) is 4.39. The highest BCUT2D eigenvalue weighted by Crippen LogP contribution is 2.17. The number of para-hydroxylation sites is 1. The molecule has 108 valence electrons. The van der Waals surface area contributed by atoms with Gasteiger partial charge in [-0.1, -0.05) is 24.3 Å². The number of nitrogens with zero attached hydrogens (tertiary/aromatic N) is 1. The molecule has 2 rings (SSSR count). The normalized spacial score (nSPS) is 9.90. The zero-order chi connectivity index (χ0) is 14.9. The number of methoxy groups -OCH3 is 1. The standard InChI is InChI=1S/C17H17NO3/c1-19-13-14-5-4-7-16(11-14)20-9-10-21-17-8-3-2-6-15(17)12-18/h2-8,11H,9-10,13H2,1H3. The van der Waals surface area contributed by atoms with Crippen molar-refractivity contribution in [3.8, 4) is 17.6 Å².